The van der Waals surface area contributed by atoms with Crippen molar-refractivity contribution in [2.75, 3.05) is 44.6 Å². The Morgan fingerprint density at radius 3 is 2.10 bits per heavy atom. The van der Waals surface area contributed by atoms with Crippen molar-refractivity contribution in [2.24, 2.45) is 4.99 Å². The third-order valence-electron chi connectivity index (χ3n) is 8.66. The molecule has 0 radical (unpaired) electrons. The Labute approximate surface area is 235 Å². The average molecular weight is 551 g/mol. The number of anilines is 1. The summed E-state index contributed by atoms with van der Waals surface area (Å²) in [5.74, 6) is -0.240. The second-order valence-corrected chi connectivity index (χ2v) is 11.3. The highest BCUT2D eigenvalue weighted by atomic mass is 16.3. The number of para-hydroxylation sites is 1. The van der Waals surface area contributed by atoms with E-state index < -0.39 is 5.56 Å². The Balaban J connectivity index is 1.23. The molecule has 1 saturated heterocycles. The Bertz CT molecular complexity index is 1280. The minimum Gasteiger partial charge on any atom is -0.494 e. The van der Waals surface area contributed by atoms with Gasteiger partial charge in [-0.1, -0.05) is 56.7 Å². The van der Waals surface area contributed by atoms with Gasteiger partial charge in [0.2, 0.25) is 5.88 Å². The maximum Gasteiger partial charge on any atom is 0.334 e. The Kier molecular flexibility index (Phi) is 9.36. The van der Waals surface area contributed by atoms with Crippen molar-refractivity contribution in [2.45, 2.75) is 76.3 Å². The molecule has 5 rings (SSSR count). The van der Waals surface area contributed by atoms with Gasteiger partial charge in [0, 0.05) is 56.7 Å². The van der Waals surface area contributed by atoms with Crippen LogP contribution in [0.2, 0.25) is 0 Å². The quantitative estimate of drug-likeness (QED) is 0.506. The first kappa shape index (κ1) is 28.1. The maximum atomic E-state index is 13.6. The van der Waals surface area contributed by atoms with Crippen LogP contribution >= 0.6 is 0 Å². The van der Waals surface area contributed by atoms with E-state index in [4.69, 9.17) is 0 Å². The van der Waals surface area contributed by atoms with Crippen LogP contribution in [-0.4, -0.2) is 75.6 Å². The van der Waals surface area contributed by atoms with E-state index in [-0.39, 0.29) is 35.2 Å². The van der Waals surface area contributed by atoms with Crippen LogP contribution in [0.15, 0.2) is 44.9 Å². The molecule has 3 aliphatic rings. The van der Waals surface area contributed by atoms with Crippen LogP contribution in [0.5, 0.6) is 5.88 Å². The van der Waals surface area contributed by atoms with Gasteiger partial charge in [0.05, 0.1) is 6.54 Å². The standard InChI is InChI=1S/C30H42N6O4/c37-27-26(22-31-16-17-33-18-20-34(21-19-33)29(39)32-23-10-4-1-5-11-23)28(38)36(25-14-8-3-9-15-25)30(40)35(27)24-12-6-2-7-13-24/h1,4-5,10-11,22,24-25,37H,2-3,6-9,12-21H2,(H,32,39). The van der Waals surface area contributed by atoms with E-state index in [2.05, 4.69) is 15.2 Å². The van der Waals surface area contributed by atoms with Crippen LogP contribution in [-0.2, 0) is 0 Å². The van der Waals surface area contributed by atoms with Gasteiger partial charge in [-0.3, -0.25) is 23.8 Å². The molecule has 10 heteroatoms. The number of carbonyl (C=O) groups is 1. The lowest BCUT2D eigenvalue weighted by molar-refractivity contribution is 0.150. The lowest BCUT2D eigenvalue weighted by Gasteiger charge is -2.34. The highest BCUT2D eigenvalue weighted by Gasteiger charge is 2.28. The molecular formula is C30H42N6O4. The first-order valence-corrected chi connectivity index (χ1v) is 15.0. The molecule has 216 valence electrons. The third kappa shape index (κ3) is 6.49. The lowest BCUT2D eigenvalue weighted by Crippen LogP contribution is -2.50. The second-order valence-electron chi connectivity index (χ2n) is 11.3. The van der Waals surface area contributed by atoms with Crippen LogP contribution in [0.1, 0.15) is 81.9 Å². The highest BCUT2D eigenvalue weighted by molar-refractivity contribution is 5.89. The van der Waals surface area contributed by atoms with Gasteiger partial charge in [0.15, 0.2) is 0 Å². The number of piperazine rings is 1. The van der Waals surface area contributed by atoms with Gasteiger partial charge in [-0.05, 0) is 37.8 Å². The van der Waals surface area contributed by atoms with Crippen molar-refractivity contribution in [3.63, 3.8) is 0 Å². The van der Waals surface area contributed by atoms with E-state index in [1.165, 1.54) is 15.3 Å². The summed E-state index contributed by atoms with van der Waals surface area (Å²) >= 11 is 0. The number of hydrogen-bond acceptors (Lipinski definition) is 6. The molecule has 2 N–H and O–H groups in total. The molecule has 0 atom stereocenters. The van der Waals surface area contributed by atoms with Gasteiger partial charge in [-0.15, -0.1) is 0 Å². The van der Waals surface area contributed by atoms with Gasteiger partial charge in [-0.25, -0.2) is 9.59 Å². The molecule has 2 heterocycles. The minimum absolute atomic E-state index is 0.0840. The van der Waals surface area contributed by atoms with E-state index >= 15 is 0 Å². The molecule has 10 nitrogen and oxygen atoms in total. The maximum absolute atomic E-state index is 13.6. The third-order valence-corrected chi connectivity index (χ3v) is 8.66. The molecule has 40 heavy (non-hydrogen) atoms. The molecule has 0 unspecified atom stereocenters. The zero-order chi connectivity index (χ0) is 27.9. The Hall–Kier alpha value is -3.40. The monoisotopic (exact) mass is 550 g/mol. The molecule has 1 aromatic carbocycles. The molecule has 1 aliphatic heterocycles. The number of rotatable bonds is 7. The van der Waals surface area contributed by atoms with Crippen LogP contribution in [0.25, 0.3) is 0 Å². The fourth-order valence-electron chi connectivity index (χ4n) is 6.34. The van der Waals surface area contributed by atoms with Crippen molar-refractivity contribution in [1.82, 2.24) is 18.9 Å². The largest absolute Gasteiger partial charge is 0.494 e. The second kappa shape index (κ2) is 13.3. The predicted molar refractivity (Wildman–Crippen MR) is 157 cm³/mol. The zero-order valence-electron chi connectivity index (χ0n) is 23.3. The van der Waals surface area contributed by atoms with E-state index in [1.807, 2.05) is 35.2 Å². The van der Waals surface area contributed by atoms with Crippen LogP contribution in [0.4, 0.5) is 10.5 Å². The van der Waals surface area contributed by atoms with Gasteiger partial charge in [0.25, 0.3) is 5.56 Å². The summed E-state index contributed by atoms with van der Waals surface area (Å²) in [6.45, 7) is 3.88. The number of hydrogen-bond donors (Lipinski definition) is 2. The van der Waals surface area contributed by atoms with Crippen LogP contribution < -0.4 is 16.6 Å². The van der Waals surface area contributed by atoms with E-state index in [9.17, 15) is 19.5 Å². The molecule has 2 amide bonds. The number of aliphatic imine (C=N–C) groups is 1. The van der Waals surface area contributed by atoms with Gasteiger partial charge in [-0.2, -0.15) is 0 Å². The molecular weight excluding hydrogens is 508 g/mol. The Morgan fingerprint density at radius 2 is 1.48 bits per heavy atom. The number of urea groups is 1. The van der Waals surface area contributed by atoms with E-state index in [0.29, 0.717) is 26.2 Å². The van der Waals surface area contributed by atoms with Crippen molar-refractivity contribution in [3.05, 3.63) is 56.7 Å². The number of nitrogens with zero attached hydrogens (tertiary/aromatic N) is 5. The topological polar surface area (TPSA) is 112 Å². The first-order valence-electron chi connectivity index (χ1n) is 15.0. The molecule has 1 aromatic heterocycles. The van der Waals surface area contributed by atoms with Crippen molar-refractivity contribution < 1.29 is 9.90 Å². The number of carbonyl (C=O) groups excluding carboxylic acids is 1. The predicted octanol–water partition coefficient (Wildman–Crippen LogP) is 3.99. The minimum atomic E-state index is -0.428. The molecule has 2 aromatic rings. The normalized spacial score (nSPS) is 19.8. The summed E-state index contributed by atoms with van der Waals surface area (Å²) < 4.78 is 2.89. The van der Waals surface area contributed by atoms with Crippen molar-refractivity contribution >= 4 is 17.9 Å². The lowest BCUT2D eigenvalue weighted by atomic mass is 9.94. The number of aromatic hydroxyl groups is 1. The molecule has 0 spiro atoms. The van der Waals surface area contributed by atoms with Gasteiger partial charge < -0.3 is 15.3 Å². The van der Waals surface area contributed by atoms with E-state index in [1.54, 1.807) is 0 Å². The summed E-state index contributed by atoms with van der Waals surface area (Å²) in [6, 6.07) is 9.14. The SMILES string of the molecule is O=C(Nc1ccccc1)N1CCN(CCN=Cc2c(O)n(C3CCCCC3)c(=O)n(C3CCCCC3)c2=O)CC1. The summed E-state index contributed by atoms with van der Waals surface area (Å²) in [5, 5.41) is 14.1. The first-order chi connectivity index (χ1) is 19.5. The average Bonchev–Trinajstić information content (AvgIpc) is 2.98. The summed E-state index contributed by atoms with van der Waals surface area (Å²) in [4.78, 5) is 48.2. The fraction of sp³-hybridized carbons (Fsp3) is 0.600. The molecule has 0 bridgehead atoms. The smallest absolute Gasteiger partial charge is 0.334 e. The molecule has 2 aliphatic carbocycles. The van der Waals surface area contributed by atoms with E-state index in [0.717, 1.165) is 83.0 Å². The van der Waals surface area contributed by atoms with Crippen LogP contribution in [0, 0.1) is 0 Å². The summed E-state index contributed by atoms with van der Waals surface area (Å²) in [7, 11) is 0. The van der Waals surface area contributed by atoms with Gasteiger partial charge in [0.1, 0.15) is 5.56 Å². The highest BCUT2D eigenvalue weighted by Crippen LogP contribution is 2.31. The zero-order valence-corrected chi connectivity index (χ0v) is 23.3. The van der Waals surface area contributed by atoms with Crippen molar-refractivity contribution in [1.29, 1.82) is 0 Å². The molecule has 3 fully saturated rings. The fourth-order valence-corrected chi connectivity index (χ4v) is 6.34. The molecule has 2 saturated carbocycles. The van der Waals surface area contributed by atoms with Crippen molar-refractivity contribution in [3.8, 4) is 5.88 Å². The number of benzene rings is 1. The van der Waals surface area contributed by atoms with Crippen LogP contribution in [0.3, 0.4) is 0 Å². The number of nitrogens with one attached hydrogen (secondary N) is 1. The summed E-state index contributed by atoms with van der Waals surface area (Å²) in [6.07, 6.45) is 11.1. The Morgan fingerprint density at radius 1 is 0.875 bits per heavy atom. The summed E-state index contributed by atoms with van der Waals surface area (Å²) in [5.41, 5.74) is 0.110. The van der Waals surface area contributed by atoms with Gasteiger partial charge >= 0.3 is 11.7 Å². The number of amides is 2. The number of aromatic nitrogens is 2.